The van der Waals surface area contributed by atoms with E-state index in [4.69, 9.17) is 31.9 Å². The van der Waals surface area contributed by atoms with E-state index in [1.165, 1.54) is 0 Å². The number of nitrogens with one attached hydrogen (secondary N) is 2. The maximum absolute atomic E-state index is 10.4. The minimum absolute atomic E-state index is 0. The molecule has 0 aliphatic heterocycles. The first-order valence-electron chi connectivity index (χ1n) is 2.90. The van der Waals surface area contributed by atoms with Crippen LogP contribution in [0.1, 0.15) is 0 Å². The van der Waals surface area contributed by atoms with Gasteiger partial charge >= 0.3 is 0 Å². The Morgan fingerprint density at radius 2 is 1.53 bits per heavy atom. The van der Waals surface area contributed by atoms with Crippen molar-refractivity contribution in [3.63, 3.8) is 0 Å². The molecule has 2 radical (unpaired) electrons. The van der Waals surface area contributed by atoms with Crippen LogP contribution < -0.4 is 0 Å². The van der Waals surface area contributed by atoms with Gasteiger partial charge in [0.2, 0.25) is 0 Å². The van der Waals surface area contributed by atoms with E-state index in [0.29, 0.717) is 23.9 Å². The summed E-state index contributed by atoms with van der Waals surface area (Å²) < 4.78 is 10.4. The average Bonchev–Trinajstić information content (AvgIpc) is 2.16. The monoisotopic (exact) mass is 428 g/mol. The third-order valence-electron chi connectivity index (χ3n) is 0.482. The minimum atomic E-state index is -1.26. The Kier molecular flexibility index (Phi) is 54.5. The van der Waals surface area contributed by atoms with Crippen molar-refractivity contribution >= 4 is 40.0 Å². The molecule has 0 aromatic heterocycles. The fourth-order valence-electron chi connectivity index (χ4n) is 0.161. The molecule has 0 bridgehead atoms. The summed E-state index contributed by atoms with van der Waals surface area (Å²) in [5.41, 5.74) is 12.9. The van der Waals surface area contributed by atoms with Crippen LogP contribution in [0.25, 0.3) is 22.3 Å². The van der Waals surface area contributed by atoms with Crippen LogP contribution in [0.15, 0.2) is 0 Å². The van der Waals surface area contributed by atoms with Crippen molar-refractivity contribution in [3.05, 3.63) is 22.3 Å². The fourth-order valence-corrected chi connectivity index (χ4v) is 1.45. The molecule has 92 valence electrons. The summed E-state index contributed by atoms with van der Waals surface area (Å²) in [6.07, 6.45) is 1.00. The number of carbonyl (C=O) groups is 1. The second kappa shape index (κ2) is 30.2. The Hall–Kier alpha value is 0.898. The van der Waals surface area contributed by atoms with Gasteiger partial charge in [0.25, 0.3) is 0 Å². The van der Waals surface area contributed by atoms with Crippen LogP contribution in [-0.4, -0.2) is 32.6 Å². The summed E-state index contributed by atoms with van der Waals surface area (Å²) >= 11 is 0.672. The van der Waals surface area contributed by atoms with Crippen LogP contribution in [0.3, 0.4) is 0 Å². The van der Waals surface area contributed by atoms with Crippen LogP contribution in [0, 0.1) is 0 Å². The molecule has 0 aliphatic rings. The van der Waals surface area contributed by atoms with Crippen LogP contribution in [0.4, 0.5) is 4.79 Å². The Labute approximate surface area is 155 Å². The van der Waals surface area contributed by atoms with E-state index >= 15 is 0 Å². The molecule has 8 nitrogen and oxygen atoms in total. The van der Waals surface area contributed by atoms with E-state index in [2.05, 4.69) is 0 Å². The summed E-state index contributed by atoms with van der Waals surface area (Å²) in [5, 5.41) is 12.8. The summed E-state index contributed by atoms with van der Waals surface area (Å²) in [7, 11) is -1.26. The molecule has 0 saturated heterocycles. The van der Waals surface area contributed by atoms with Crippen molar-refractivity contribution in [2.45, 2.75) is 0 Å². The maximum atomic E-state index is 10.4. The van der Waals surface area contributed by atoms with Gasteiger partial charge in [0.05, 0.1) is 5.08 Å². The molecule has 2 N–H and O–H groups in total. The number of hydrogen-bond acceptors (Lipinski definition) is 5. The zero-order valence-electron chi connectivity index (χ0n) is 8.41. The number of rotatable bonds is 3. The molecule has 1 atom stereocenters. The van der Waals surface area contributed by atoms with Crippen molar-refractivity contribution < 1.29 is 84.0 Å². The van der Waals surface area contributed by atoms with E-state index in [1.807, 2.05) is 0 Å². The molecule has 0 saturated carbocycles. The largest absolute Gasteiger partial charge is 0.724 e. The normalized spacial score (nSPS) is 7.82. The molecule has 12 heteroatoms. The molecule has 17 heavy (non-hydrogen) atoms. The topological polar surface area (TPSA) is 160 Å². The van der Waals surface area contributed by atoms with Crippen molar-refractivity contribution in [1.29, 1.82) is 0 Å². The van der Waals surface area contributed by atoms with E-state index < -0.39 is 16.0 Å². The Balaban J connectivity index is -0.0000000514. The third-order valence-corrected chi connectivity index (χ3v) is 2.59. The summed E-state index contributed by atoms with van der Waals surface area (Å²) in [6.45, 7) is 0. The molecule has 0 spiro atoms. The van der Waals surface area contributed by atoms with Gasteiger partial charge in [-0.15, -0.1) is 0 Å². The molecular formula is C5H6N4O4S2Y2-4. The van der Waals surface area contributed by atoms with E-state index in [-0.39, 0.29) is 76.4 Å². The van der Waals surface area contributed by atoms with Gasteiger partial charge in [-0.1, -0.05) is 17.6 Å². The van der Waals surface area contributed by atoms with E-state index in [0.717, 1.165) is 0 Å². The number of carbonyl (C=O) groups excluding carboxylic acids is 3. The van der Waals surface area contributed by atoms with E-state index in [9.17, 15) is 9.00 Å². The molecule has 1 unspecified atom stereocenters. The summed E-state index contributed by atoms with van der Waals surface area (Å²) in [6, 6.07) is 0. The van der Waals surface area contributed by atoms with Crippen molar-refractivity contribution in [2.75, 3.05) is 11.0 Å². The molecule has 0 aliphatic carbocycles. The SMILES string of the molecule is [N-]=C=O.[N-]=C=O.[NH-]CS(=O)CSC([NH-])=O.[Y].[Y]. The van der Waals surface area contributed by atoms with Gasteiger partial charge in [-0.05, 0) is 12.2 Å². The van der Waals surface area contributed by atoms with Crippen LogP contribution in [-0.2, 0) is 85.8 Å². The van der Waals surface area contributed by atoms with Gasteiger partial charge in [-0.25, -0.2) is 0 Å². The Morgan fingerprint density at radius 1 is 1.24 bits per heavy atom. The summed E-state index contributed by atoms with van der Waals surface area (Å²) in [5.74, 6) is -0.194. The second-order valence-corrected chi connectivity index (χ2v) is 4.09. The molecule has 0 rings (SSSR count). The minimum Gasteiger partial charge on any atom is -0.724 e. The quantitative estimate of drug-likeness (QED) is 0.490. The average molecular weight is 428 g/mol. The standard InChI is InChI=1S/C3H7N2O2S2.2CNO.2Y/c4-1-9(7)2-8-3(5)6;2*2-1-3;;/h4H,1-2H2,(H2,5,6);;;;/q3*-1;;/p-1. The first-order chi connectivity index (χ1) is 6.99. The Morgan fingerprint density at radius 3 is 1.71 bits per heavy atom. The molecule has 1 amide bonds. The first kappa shape index (κ1) is 30.7. The Bertz CT molecular complexity index is 255. The second-order valence-electron chi connectivity index (χ2n) is 1.32. The number of thioether (sulfide) groups is 1. The van der Waals surface area contributed by atoms with Crippen molar-refractivity contribution in [3.8, 4) is 0 Å². The maximum Gasteiger partial charge on any atom is 0.108 e. The number of amides is 1. The number of nitrogens with zero attached hydrogens (tertiary/aromatic N) is 2. The predicted octanol–water partition coefficient (Wildman–Crippen LogP) is 1.39. The van der Waals surface area contributed by atoms with Gasteiger partial charge in [0.1, 0.15) is 5.24 Å². The van der Waals surface area contributed by atoms with Gasteiger partial charge in [-0.3, -0.25) is 13.8 Å². The van der Waals surface area contributed by atoms with Crippen LogP contribution in [0.5, 0.6) is 0 Å². The number of hydrogen-bond donors (Lipinski definition) is 0. The van der Waals surface area contributed by atoms with Crippen LogP contribution in [0.2, 0.25) is 0 Å². The van der Waals surface area contributed by atoms with Crippen molar-refractivity contribution in [2.24, 2.45) is 0 Å². The smallest absolute Gasteiger partial charge is 0.108 e. The van der Waals surface area contributed by atoms with Crippen molar-refractivity contribution in [1.82, 2.24) is 0 Å². The summed E-state index contributed by atoms with van der Waals surface area (Å²) in [4.78, 5) is 26.4. The molecule has 0 aromatic rings. The molecule has 0 aromatic carbocycles. The predicted molar refractivity (Wildman–Crippen MR) is 57.6 cm³/mol. The molecule has 0 heterocycles. The fraction of sp³-hybridized carbons (Fsp3) is 0.400. The third kappa shape index (κ3) is 60.1. The van der Waals surface area contributed by atoms with Gasteiger partial charge < -0.3 is 27.1 Å². The van der Waals surface area contributed by atoms with Gasteiger partial charge in [0, 0.05) is 76.2 Å². The van der Waals surface area contributed by atoms with Gasteiger partial charge in [-0.2, -0.15) is 0 Å². The van der Waals surface area contributed by atoms with E-state index in [1.54, 1.807) is 0 Å². The number of isocyanates is 2. The first-order valence-corrected chi connectivity index (χ1v) is 5.37. The molecule has 0 fully saturated rings. The van der Waals surface area contributed by atoms with Crippen LogP contribution >= 0.6 is 11.8 Å². The molecular weight excluding hydrogens is 422 g/mol. The zero-order chi connectivity index (χ0) is 12.7. The zero-order valence-corrected chi connectivity index (χ0v) is 15.7. The van der Waals surface area contributed by atoms with Gasteiger partial charge in [0.15, 0.2) is 0 Å².